The Balaban J connectivity index is 1.74. The van der Waals surface area contributed by atoms with Gasteiger partial charge in [-0.25, -0.2) is 0 Å². The molecule has 20 heavy (non-hydrogen) atoms. The zero-order valence-electron chi connectivity index (χ0n) is 10.7. The van der Waals surface area contributed by atoms with Crippen molar-refractivity contribution in [3.8, 4) is 0 Å². The predicted octanol–water partition coefficient (Wildman–Crippen LogP) is 5.14. The van der Waals surface area contributed by atoms with Crippen LogP contribution in [0.4, 0.5) is 0 Å². The fraction of sp³-hybridized carbons (Fsp3) is 0.125. The van der Waals surface area contributed by atoms with Gasteiger partial charge in [0.25, 0.3) is 0 Å². The molecular formula is C16H13BrClNO. The van der Waals surface area contributed by atoms with Crippen molar-refractivity contribution in [3.05, 3.63) is 69.3 Å². The Hall–Kier alpha value is -1.29. The van der Waals surface area contributed by atoms with Crippen LogP contribution in [0, 0.1) is 0 Å². The van der Waals surface area contributed by atoms with Gasteiger partial charge in [0.1, 0.15) is 5.58 Å². The topological polar surface area (TPSA) is 25.2 Å². The molecule has 1 N–H and O–H groups in total. The summed E-state index contributed by atoms with van der Waals surface area (Å²) in [5.41, 5.74) is 3.06. The summed E-state index contributed by atoms with van der Waals surface area (Å²) in [5, 5.41) is 4.93. The monoisotopic (exact) mass is 349 g/mol. The van der Waals surface area contributed by atoms with Crippen LogP contribution in [-0.4, -0.2) is 0 Å². The minimum Gasteiger partial charge on any atom is -0.444 e. The Kier molecular flexibility index (Phi) is 4.10. The van der Waals surface area contributed by atoms with E-state index in [1.807, 2.05) is 42.5 Å². The molecule has 102 valence electrons. The van der Waals surface area contributed by atoms with Gasteiger partial charge < -0.3 is 9.73 Å². The van der Waals surface area contributed by atoms with Gasteiger partial charge in [-0.05, 0) is 29.3 Å². The first-order valence-corrected chi connectivity index (χ1v) is 7.53. The van der Waals surface area contributed by atoms with Crippen molar-refractivity contribution in [1.82, 2.24) is 5.32 Å². The Morgan fingerprint density at radius 1 is 1.00 bits per heavy atom. The van der Waals surface area contributed by atoms with Crippen LogP contribution >= 0.6 is 27.5 Å². The van der Waals surface area contributed by atoms with Crippen molar-refractivity contribution in [1.29, 1.82) is 0 Å². The highest BCUT2D eigenvalue weighted by atomic mass is 79.9. The van der Waals surface area contributed by atoms with Gasteiger partial charge in [-0.2, -0.15) is 0 Å². The summed E-state index contributed by atoms with van der Waals surface area (Å²) >= 11 is 9.71. The van der Waals surface area contributed by atoms with E-state index in [4.69, 9.17) is 16.0 Å². The number of nitrogens with one attached hydrogen (secondary N) is 1. The van der Waals surface area contributed by atoms with Crippen LogP contribution in [0.3, 0.4) is 0 Å². The molecule has 4 heteroatoms. The van der Waals surface area contributed by atoms with E-state index in [0.717, 1.165) is 27.6 Å². The van der Waals surface area contributed by atoms with Gasteiger partial charge in [0, 0.05) is 28.5 Å². The van der Waals surface area contributed by atoms with Crippen LogP contribution in [0.5, 0.6) is 0 Å². The average Bonchev–Trinajstić information content (AvgIpc) is 2.77. The summed E-state index contributed by atoms with van der Waals surface area (Å²) in [6.07, 6.45) is 0. The molecule has 1 aromatic heterocycles. The number of hydrogen-bond donors (Lipinski definition) is 1. The van der Waals surface area contributed by atoms with E-state index in [-0.39, 0.29) is 0 Å². The zero-order valence-corrected chi connectivity index (χ0v) is 13.0. The quantitative estimate of drug-likeness (QED) is 0.705. The number of halogens is 2. The van der Waals surface area contributed by atoms with Crippen LogP contribution in [0.15, 0.2) is 57.4 Å². The molecule has 3 rings (SSSR count). The largest absolute Gasteiger partial charge is 0.444 e. The molecule has 2 nitrogen and oxygen atoms in total. The highest BCUT2D eigenvalue weighted by molar-refractivity contribution is 9.10. The maximum absolute atomic E-state index is 6.16. The lowest BCUT2D eigenvalue weighted by molar-refractivity contribution is 0.604. The first kappa shape index (κ1) is 13.7. The molecule has 0 radical (unpaired) electrons. The number of fused-ring (bicyclic) bond motifs is 1. The number of rotatable bonds is 4. The first-order valence-electron chi connectivity index (χ1n) is 6.36. The van der Waals surface area contributed by atoms with Crippen molar-refractivity contribution in [2.24, 2.45) is 0 Å². The Labute approximate surface area is 130 Å². The van der Waals surface area contributed by atoms with Crippen molar-refractivity contribution >= 4 is 38.5 Å². The fourth-order valence-electron chi connectivity index (χ4n) is 2.20. The summed E-state index contributed by atoms with van der Waals surface area (Å²) < 4.78 is 6.65. The molecule has 0 spiro atoms. The van der Waals surface area contributed by atoms with Gasteiger partial charge in [-0.1, -0.05) is 52.3 Å². The van der Waals surface area contributed by atoms with Crippen molar-refractivity contribution in [2.75, 3.05) is 0 Å². The lowest BCUT2D eigenvalue weighted by Gasteiger charge is -2.06. The molecule has 2 aromatic carbocycles. The normalized spacial score (nSPS) is 11.1. The van der Waals surface area contributed by atoms with Gasteiger partial charge in [0.2, 0.25) is 0 Å². The molecule has 0 aliphatic carbocycles. The fourth-order valence-corrected chi connectivity index (χ4v) is 2.87. The zero-order chi connectivity index (χ0) is 13.9. The predicted molar refractivity (Wildman–Crippen MR) is 85.9 cm³/mol. The maximum atomic E-state index is 6.16. The molecule has 0 saturated heterocycles. The molecule has 0 unspecified atom stereocenters. The second-order valence-electron chi connectivity index (χ2n) is 4.55. The Morgan fingerprint density at radius 3 is 2.60 bits per heavy atom. The van der Waals surface area contributed by atoms with E-state index in [2.05, 4.69) is 27.3 Å². The van der Waals surface area contributed by atoms with Crippen LogP contribution in [0.25, 0.3) is 11.0 Å². The number of para-hydroxylation sites is 1. The summed E-state index contributed by atoms with van der Waals surface area (Å²) in [6.45, 7) is 1.45. The van der Waals surface area contributed by atoms with E-state index in [1.165, 1.54) is 5.56 Å². The average molecular weight is 351 g/mol. The Morgan fingerprint density at radius 2 is 1.75 bits per heavy atom. The minimum atomic E-state index is 0.464. The minimum absolute atomic E-state index is 0.464. The molecule has 0 saturated carbocycles. The molecule has 0 amide bonds. The van der Waals surface area contributed by atoms with Crippen LogP contribution in [0.2, 0.25) is 5.22 Å². The summed E-state index contributed by atoms with van der Waals surface area (Å²) in [7, 11) is 0. The number of benzene rings is 2. The number of hydrogen-bond acceptors (Lipinski definition) is 2. The van der Waals surface area contributed by atoms with Gasteiger partial charge in [0.05, 0.1) is 0 Å². The molecule has 0 fully saturated rings. The highest BCUT2D eigenvalue weighted by Crippen LogP contribution is 2.29. The van der Waals surface area contributed by atoms with Crippen molar-refractivity contribution in [3.63, 3.8) is 0 Å². The SMILES string of the molecule is Clc1oc2ccccc2c1CNCc1ccccc1Br. The molecular weight excluding hydrogens is 338 g/mol. The first-order chi connectivity index (χ1) is 9.75. The summed E-state index contributed by atoms with van der Waals surface area (Å²) in [5.74, 6) is 0. The van der Waals surface area contributed by atoms with Crippen LogP contribution in [0.1, 0.15) is 11.1 Å². The van der Waals surface area contributed by atoms with Gasteiger partial charge in [0.15, 0.2) is 5.22 Å². The van der Waals surface area contributed by atoms with Crippen molar-refractivity contribution in [2.45, 2.75) is 13.1 Å². The second-order valence-corrected chi connectivity index (χ2v) is 5.74. The third kappa shape index (κ3) is 2.75. The van der Waals surface area contributed by atoms with Crippen LogP contribution < -0.4 is 5.32 Å². The maximum Gasteiger partial charge on any atom is 0.199 e. The molecule has 1 heterocycles. The van der Waals surface area contributed by atoms with Gasteiger partial charge >= 0.3 is 0 Å². The molecule has 0 atom stereocenters. The van der Waals surface area contributed by atoms with E-state index in [0.29, 0.717) is 11.8 Å². The van der Waals surface area contributed by atoms with Gasteiger partial charge in [-0.15, -0.1) is 0 Å². The lowest BCUT2D eigenvalue weighted by atomic mass is 10.1. The molecule has 3 aromatic rings. The van der Waals surface area contributed by atoms with E-state index < -0.39 is 0 Å². The third-order valence-corrected chi connectivity index (χ3v) is 4.30. The summed E-state index contributed by atoms with van der Waals surface area (Å²) in [6, 6.07) is 16.1. The summed E-state index contributed by atoms with van der Waals surface area (Å²) in [4.78, 5) is 0. The van der Waals surface area contributed by atoms with Gasteiger partial charge in [-0.3, -0.25) is 0 Å². The van der Waals surface area contributed by atoms with E-state index in [1.54, 1.807) is 0 Å². The lowest BCUT2D eigenvalue weighted by Crippen LogP contribution is -2.13. The molecule has 0 bridgehead atoms. The van der Waals surface area contributed by atoms with Crippen LogP contribution in [-0.2, 0) is 13.1 Å². The molecule has 0 aliphatic heterocycles. The molecule has 0 aliphatic rings. The van der Waals surface area contributed by atoms with E-state index in [9.17, 15) is 0 Å². The van der Waals surface area contributed by atoms with E-state index >= 15 is 0 Å². The standard InChI is InChI=1S/C16H13BrClNO/c17-14-7-3-1-5-11(14)9-19-10-13-12-6-2-4-8-15(12)20-16(13)18/h1-8,19H,9-10H2. The third-order valence-electron chi connectivity index (χ3n) is 3.22. The smallest absolute Gasteiger partial charge is 0.199 e. The highest BCUT2D eigenvalue weighted by Gasteiger charge is 2.11. The Bertz CT molecular complexity index is 738. The second kappa shape index (κ2) is 6.00. The number of furan rings is 1. The van der Waals surface area contributed by atoms with Crippen molar-refractivity contribution < 1.29 is 4.42 Å².